The number of hydrogen-bond acceptors (Lipinski definition) is 1. The Balaban J connectivity index is 2.65. The second-order valence-corrected chi connectivity index (χ2v) is 2.20. The molecule has 0 aromatic heterocycles. The molecular weight excluding hydrogens is 136 g/mol. The average molecular weight is 145 g/mol. The average Bonchev–Trinajstić information content (AvgIpc) is 2.01. The van der Waals surface area contributed by atoms with E-state index in [9.17, 15) is 0 Å². The fourth-order valence-corrected chi connectivity index (χ4v) is 0.773. The minimum Gasteiger partial charge on any atom is -0.481 e. The molecule has 0 spiro atoms. The standard InChI is InChI=1S/C10H9O/c1-3-7-11-10-6-4-5-9(2)8-10/h1,4,6,8H,7H2,2H3. The van der Waals surface area contributed by atoms with E-state index in [2.05, 4.69) is 12.0 Å². The minimum absolute atomic E-state index is 0.323. The number of ether oxygens (including phenoxy) is 1. The lowest BCUT2D eigenvalue weighted by atomic mass is 10.2. The van der Waals surface area contributed by atoms with Crippen molar-refractivity contribution < 1.29 is 4.74 Å². The van der Waals surface area contributed by atoms with Crippen molar-refractivity contribution in [3.63, 3.8) is 0 Å². The molecule has 0 aliphatic carbocycles. The van der Waals surface area contributed by atoms with Gasteiger partial charge in [0.1, 0.15) is 12.4 Å². The van der Waals surface area contributed by atoms with Gasteiger partial charge in [-0.3, -0.25) is 0 Å². The van der Waals surface area contributed by atoms with Gasteiger partial charge in [0.05, 0.1) is 0 Å². The zero-order chi connectivity index (χ0) is 8.10. The van der Waals surface area contributed by atoms with E-state index in [0.29, 0.717) is 6.61 Å². The molecule has 0 fully saturated rings. The first-order valence-corrected chi connectivity index (χ1v) is 3.37. The van der Waals surface area contributed by atoms with Crippen molar-refractivity contribution in [1.29, 1.82) is 0 Å². The first kappa shape index (κ1) is 7.68. The molecule has 0 atom stereocenters. The molecule has 0 aliphatic rings. The number of aryl methyl sites for hydroxylation is 1. The zero-order valence-corrected chi connectivity index (χ0v) is 6.42. The summed E-state index contributed by atoms with van der Waals surface area (Å²) in [6.07, 6.45) is 5.03. The van der Waals surface area contributed by atoms with Crippen LogP contribution in [0.4, 0.5) is 0 Å². The maximum atomic E-state index is 5.18. The molecule has 1 heteroatoms. The molecule has 0 bridgehead atoms. The van der Waals surface area contributed by atoms with Gasteiger partial charge in [0.2, 0.25) is 0 Å². The highest BCUT2D eigenvalue weighted by atomic mass is 16.5. The lowest BCUT2D eigenvalue weighted by Gasteiger charge is -2.01. The highest BCUT2D eigenvalue weighted by Gasteiger charge is 1.90. The van der Waals surface area contributed by atoms with Gasteiger partial charge in [-0.1, -0.05) is 12.0 Å². The molecular formula is C10H9O. The van der Waals surface area contributed by atoms with Crippen LogP contribution >= 0.6 is 0 Å². The molecule has 11 heavy (non-hydrogen) atoms. The summed E-state index contributed by atoms with van der Waals surface area (Å²) in [4.78, 5) is 0. The summed E-state index contributed by atoms with van der Waals surface area (Å²) >= 11 is 0. The first-order chi connectivity index (χ1) is 5.33. The Kier molecular flexibility index (Phi) is 2.57. The molecule has 1 radical (unpaired) electrons. The third kappa shape index (κ3) is 2.35. The third-order valence-corrected chi connectivity index (χ3v) is 1.24. The van der Waals surface area contributed by atoms with Gasteiger partial charge in [0, 0.05) is 0 Å². The van der Waals surface area contributed by atoms with Gasteiger partial charge in [0.15, 0.2) is 0 Å². The highest BCUT2D eigenvalue weighted by molar-refractivity contribution is 5.26. The summed E-state index contributed by atoms with van der Waals surface area (Å²) < 4.78 is 5.18. The summed E-state index contributed by atoms with van der Waals surface area (Å²) in [6.45, 7) is 2.28. The van der Waals surface area contributed by atoms with Crippen LogP contribution in [0, 0.1) is 25.3 Å². The molecule has 1 aromatic carbocycles. The third-order valence-electron chi connectivity index (χ3n) is 1.24. The summed E-state index contributed by atoms with van der Waals surface area (Å²) in [6, 6.07) is 8.57. The topological polar surface area (TPSA) is 9.23 Å². The second-order valence-electron chi connectivity index (χ2n) is 2.20. The van der Waals surface area contributed by atoms with E-state index in [1.807, 2.05) is 25.1 Å². The number of rotatable bonds is 2. The Morgan fingerprint density at radius 2 is 2.55 bits per heavy atom. The molecule has 0 saturated heterocycles. The normalized spacial score (nSPS) is 8.73. The Morgan fingerprint density at radius 1 is 1.73 bits per heavy atom. The maximum Gasteiger partial charge on any atom is 0.148 e. The van der Waals surface area contributed by atoms with Crippen molar-refractivity contribution in [3.05, 3.63) is 29.8 Å². The van der Waals surface area contributed by atoms with Crippen molar-refractivity contribution in [1.82, 2.24) is 0 Å². The quantitative estimate of drug-likeness (QED) is 0.577. The Hall–Kier alpha value is -1.42. The van der Waals surface area contributed by atoms with Crippen LogP contribution < -0.4 is 4.74 Å². The Morgan fingerprint density at radius 3 is 3.18 bits per heavy atom. The fraction of sp³-hybridized carbons (Fsp3) is 0.200. The maximum absolute atomic E-state index is 5.18. The van der Waals surface area contributed by atoms with Crippen LogP contribution in [0.1, 0.15) is 5.56 Å². The summed E-state index contributed by atoms with van der Waals surface area (Å²) in [5.41, 5.74) is 1.06. The largest absolute Gasteiger partial charge is 0.481 e. The second kappa shape index (κ2) is 3.68. The monoisotopic (exact) mass is 145 g/mol. The van der Waals surface area contributed by atoms with Crippen LogP contribution in [0.5, 0.6) is 5.75 Å². The Labute approximate surface area is 67.0 Å². The van der Waals surface area contributed by atoms with Gasteiger partial charge >= 0.3 is 0 Å². The lowest BCUT2D eigenvalue weighted by molar-refractivity contribution is 0.370. The van der Waals surface area contributed by atoms with Crippen molar-refractivity contribution in [3.8, 4) is 18.1 Å². The van der Waals surface area contributed by atoms with E-state index in [1.54, 1.807) is 0 Å². The van der Waals surface area contributed by atoms with E-state index in [1.165, 1.54) is 0 Å². The van der Waals surface area contributed by atoms with Crippen molar-refractivity contribution >= 4 is 0 Å². The molecule has 1 aromatic rings. The van der Waals surface area contributed by atoms with Crippen LogP contribution in [0.2, 0.25) is 0 Å². The molecule has 0 unspecified atom stereocenters. The van der Waals surface area contributed by atoms with Gasteiger partial charge in [-0.05, 0) is 30.7 Å². The van der Waals surface area contributed by atoms with Gasteiger partial charge in [-0.2, -0.15) is 0 Å². The van der Waals surface area contributed by atoms with Crippen LogP contribution in [0.15, 0.2) is 18.2 Å². The molecule has 0 saturated carbocycles. The van der Waals surface area contributed by atoms with Crippen LogP contribution in [-0.4, -0.2) is 6.61 Å². The van der Waals surface area contributed by atoms with E-state index in [4.69, 9.17) is 11.2 Å². The van der Waals surface area contributed by atoms with E-state index in [0.717, 1.165) is 11.3 Å². The summed E-state index contributed by atoms with van der Waals surface area (Å²) in [7, 11) is 0. The van der Waals surface area contributed by atoms with E-state index >= 15 is 0 Å². The molecule has 55 valence electrons. The van der Waals surface area contributed by atoms with Crippen molar-refractivity contribution in [2.75, 3.05) is 6.61 Å². The Bertz CT molecular complexity index is 270. The van der Waals surface area contributed by atoms with Crippen LogP contribution in [0.3, 0.4) is 0 Å². The van der Waals surface area contributed by atoms with Gasteiger partial charge in [0.25, 0.3) is 0 Å². The SMILES string of the molecule is C#CCOc1cc[c]c(C)c1. The summed E-state index contributed by atoms with van der Waals surface area (Å²) in [5, 5.41) is 0. The molecule has 0 heterocycles. The molecule has 0 aliphatic heterocycles. The van der Waals surface area contributed by atoms with E-state index < -0.39 is 0 Å². The lowest BCUT2D eigenvalue weighted by Crippen LogP contribution is -1.92. The zero-order valence-electron chi connectivity index (χ0n) is 6.42. The van der Waals surface area contributed by atoms with Crippen LogP contribution in [0.25, 0.3) is 0 Å². The number of benzene rings is 1. The highest BCUT2D eigenvalue weighted by Crippen LogP contribution is 2.10. The molecule has 0 amide bonds. The van der Waals surface area contributed by atoms with Crippen LogP contribution in [-0.2, 0) is 0 Å². The number of hydrogen-bond donors (Lipinski definition) is 0. The van der Waals surface area contributed by atoms with Crippen molar-refractivity contribution in [2.45, 2.75) is 6.92 Å². The van der Waals surface area contributed by atoms with Gasteiger partial charge in [-0.15, -0.1) is 6.42 Å². The minimum atomic E-state index is 0.323. The first-order valence-electron chi connectivity index (χ1n) is 3.37. The summed E-state index contributed by atoms with van der Waals surface area (Å²) in [5.74, 6) is 3.21. The van der Waals surface area contributed by atoms with Gasteiger partial charge < -0.3 is 4.74 Å². The van der Waals surface area contributed by atoms with E-state index in [-0.39, 0.29) is 0 Å². The predicted octanol–water partition coefficient (Wildman–Crippen LogP) is 1.81. The number of terminal acetylenes is 1. The van der Waals surface area contributed by atoms with Crippen molar-refractivity contribution in [2.24, 2.45) is 0 Å². The van der Waals surface area contributed by atoms with Gasteiger partial charge in [-0.25, -0.2) is 0 Å². The smallest absolute Gasteiger partial charge is 0.148 e. The predicted molar refractivity (Wildman–Crippen MR) is 44.3 cm³/mol. The molecule has 0 N–H and O–H groups in total. The molecule has 1 rings (SSSR count). The molecule has 1 nitrogen and oxygen atoms in total. The fourth-order valence-electron chi connectivity index (χ4n) is 0.773.